The van der Waals surface area contributed by atoms with Crippen molar-refractivity contribution in [3.8, 4) is 5.75 Å². The summed E-state index contributed by atoms with van der Waals surface area (Å²) in [5, 5.41) is 0. The maximum Gasteiger partial charge on any atom is 0.387 e. The third kappa shape index (κ3) is 2.05. The van der Waals surface area contributed by atoms with Crippen LogP contribution in [-0.4, -0.2) is 11.6 Å². The fourth-order valence-electron chi connectivity index (χ4n) is 0.872. The van der Waals surface area contributed by atoms with Crippen molar-refractivity contribution in [1.29, 1.82) is 0 Å². The van der Waals surface area contributed by atoms with Crippen molar-refractivity contribution in [1.82, 2.24) is 4.98 Å². The summed E-state index contributed by atoms with van der Waals surface area (Å²) in [6.45, 7) is -3.36. The Hall–Kier alpha value is -1.50. The highest BCUT2D eigenvalue weighted by Gasteiger charge is 2.17. The fourth-order valence-corrected chi connectivity index (χ4v) is 0.872. The molecule has 0 aliphatic heterocycles. The minimum absolute atomic E-state index is 0.171. The standard InChI is InChI=1S/C7H8F3N3O/c8-5-4(1-11)13-2-3(12)6(5)14-7(9)10/h2,7H,1,11-12H2. The summed E-state index contributed by atoms with van der Waals surface area (Å²) < 4.78 is 40.7. The molecule has 0 aromatic carbocycles. The molecule has 0 amide bonds. The Kier molecular flexibility index (Phi) is 3.13. The lowest BCUT2D eigenvalue weighted by Crippen LogP contribution is -2.11. The zero-order chi connectivity index (χ0) is 10.7. The van der Waals surface area contributed by atoms with E-state index in [-0.39, 0.29) is 17.9 Å². The summed E-state index contributed by atoms with van der Waals surface area (Å²) in [7, 11) is 0. The van der Waals surface area contributed by atoms with E-state index in [0.29, 0.717) is 0 Å². The van der Waals surface area contributed by atoms with E-state index in [9.17, 15) is 13.2 Å². The summed E-state index contributed by atoms with van der Waals surface area (Å²) in [6.07, 6.45) is 1.02. The van der Waals surface area contributed by atoms with Crippen LogP contribution in [0.4, 0.5) is 18.9 Å². The van der Waals surface area contributed by atoms with Crippen molar-refractivity contribution in [2.75, 3.05) is 5.73 Å². The second-order valence-corrected chi connectivity index (χ2v) is 2.39. The van der Waals surface area contributed by atoms with Gasteiger partial charge in [0.2, 0.25) is 0 Å². The second kappa shape index (κ2) is 4.14. The van der Waals surface area contributed by atoms with Gasteiger partial charge in [-0.15, -0.1) is 0 Å². The molecule has 0 atom stereocenters. The number of hydrogen-bond acceptors (Lipinski definition) is 4. The van der Waals surface area contributed by atoms with Gasteiger partial charge in [-0.2, -0.15) is 8.78 Å². The molecule has 1 aromatic rings. The minimum atomic E-state index is -3.14. The van der Waals surface area contributed by atoms with Crippen molar-refractivity contribution in [2.24, 2.45) is 5.73 Å². The number of nitrogens with two attached hydrogens (primary N) is 2. The number of nitrogen functional groups attached to an aromatic ring is 1. The minimum Gasteiger partial charge on any atom is -0.429 e. The van der Waals surface area contributed by atoms with Crippen LogP contribution >= 0.6 is 0 Å². The fraction of sp³-hybridized carbons (Fsp3) is 0.286. The average molecular weight is 207 g/mol. The van der Waals surface area contributed by atoms with E-state index < -0.39 is 18.2 Å². The lowest BCUT2D eigenvalue weighted by molar-refractivity contribution is -0.0518. The lowest BCUT2D eigenvalue weighted by Gasteiger charge is -2.09. The number of nitrogens with zero attached hydrogens (tertiary/aromatic N) is 1. The van der Waals surface area contributed by atoms with Crippen LogP contribution in [0.15, 0.2) is 6.20 Å². The van der Waals surface area contributed by atoms with Crippen LogP contribution in [0.3, 0.4) is 0 Å². The molecule has 0 saturated heterocycles. The van der Waals surface area contributed by atoms with Crippen molar-refractivity contribution in [3.63, 3.8) is 0 Å². The third-order valence-electron chi connectivity index (χ3n) is 1.47. The molecule has 0 aliphatic rings. The van der Waals surface area contributed by atoms with Crippen LogP contribution < -0.4 is 16.2 Å². The van der Waals surface area contributed by atoms with E-state index in [1.807, 2.05) is 0 Å². The maximum atomic E-state index is 13.2. The topological polar surface area (TPSA) is 74.2 Å². The summed E-state index contributed by atoms with van der Waals surface area (Å²) in [6, 6.07) is 0. The number of rotatable bonds is 3. The largest absolute Gasteiger partial charge is 0.429 e. The van der Waals surface area contributed by atoms with Crippen LogP contribution in [0.2, 0.25) is 0 Å². The molecule has 1 rings (SSSR count). The first-order chi connectivity index (χ1) is 6.56. The molecule has 1 heterocycles. The molecule has 14 heavy (non-hydrogen) atoms. The Morgan fingerprint density at radius 1 is 1.50 bits per heavy atom. The monoisotopic (exact) mass is 207 g/mol. The van der Waals surface area contributed by atoms with Crippen LogP contribution in [0.25, 0.3) is 0 Å². The SMILES string of the molecule is NCc1ncc(N)c(OC(F)F)c1F. The number of anilines is 1. The van der Waals surface area contributed by atoms with Gasteiger partial charge in [-0.25, -0.2) is 4.39 Å². The van der Waals surface area contributed by atoms with Gasteiger partial charge in [-0.3, -0.25) is 4.98 Å². The molecule has 0 saturated carbocycles. The van der Waals surface area contributed by atoms with Gasteiger partial charge >= 0.3 is 6.61 Å². The molecule has 0 spiro atoms. The maximum absolute atomic E-state index is 13.2. The molecule has 4 nitrogen and oxygen atoms in total. The predicted molar refractivity (Wildman–Crippen MR) is 43.1 cm³/mol. The molecule has 78 valence electrons. The van der Waals surface area contributed by atoms with Crippen LogP contribution in [0.1, 0.15) is 5.69 Å². The number of pyridine rings is 1. The second-order valence-electron chi connectivity index (χ2n) is 2.39. The van der Waals surface area contributed by atoms with Gasteiger partial charge in [-0.1, -0.05) is 0 Å². The van der Waals surface area contributed by atoms with Crippen molar-refractivity contribution >= 4 is 5.69 Å². The molecule has 7 heteroatoms. The molecule has 0 aliphatic carbocycles. The highest BCUT2D eigenvalue weighted by Crippen LogP contribution is 2.27. The quantitative estimate of drug-likeness (QED) is 0.770. The highest BCUT2D eigenvalue weighted by atomic mass is 19.3. The normalized spacial score (nSPS) is 10.6. The Morgan fingerprint density at radius 2 is 2.14 bits per heavy atom. The van der Waals surface area contributed by atoms with E-state index in [1.54, 1.807) is 0 Å². The molecular formula is C7H8F3N3O. The zero-order valence-corrected chi connectivity index (χ0v) is 7.01. The number of ether oxygens (including phenoxy) is 1. The van der Waals surface area contributed by atoms with Crippen LogP contribution in [0, 0.1) is 5.82 Å². The van der Waals surface area contributed by atoms with Gasteiger partial charge in [-0.05, 0) is 0 Å². The summed E-state index contributed by atoms with van der Waals surface area (Å²) in [5.74, 6) is -1.76. The van der Waals surface area contributed by atoms with Gasteiger partial charge in [0, 0.05) is 6.54 Å². The Labute approximate surface area is 77.7 Å². The van der Waals surface area contributed by atoms with Gasteiger partial charge in [0.1, 0.15) is 0 Å². The van der Waals surface area contributed by atoms with E-state index in [1.165, 1.54) is 0 Å². The summed E-state index contributed by atoms with van der Waals surface area (Å²) >= 11 is 0. The molecule has 1 aromatic heterocycles. The van der Waals surface area contributed by atoms with Gasteiger partial charge in [0.25, 0.3) is 0 Å². The first-order valence-electron chi connectivity index (χ1n) is 3.64. The van der Waals surface area contributed by atoms with Crippen molar-refractivity contribution < 1.29 is 17.9 Å². The lowest BCUT2D eigenvalue weighted by atomic mass is 10.3. The molecule has 0 bridgehead atoms. The van der Waals surface area contributed by atoms with E-state index >= 15 is 0 Å². The first-order valence-corrected chi connectivity index (χ1v) is 3.64. The van der Waals surface area contributed by atoms with E-state index in [2.05, 4.69) is 9.72 Å². The van der Waals surface area contributed by atoms with Gasteiger partial charge in [0.15, 0.2) is 11.6 Å². The Bertz CT molecular complexity index is 332. The van der Waals surface area contributed by atoms with Crippen molar-refractivity contribution in [3.05, 3.63) is 17.7 Å². The van der Waals surface area contributed by atoms with E-state index in [0.717, 1.165) is 6.20 Å². The molecular weight excluding hydrogens is 199 g/mol. The van der Waals surface area contributed by atoms with E-state index in [4.69, 9.17) is 11.5 Å². The Balaban J connectivity index is 3.11. The average Bonchev–Trinajstić information content (AvgIpc) is 2.12. The number of alkyl halides is 2. The predicted octanol–water partition coefficient (Wildman–Crippen LogP) is 0.863. The Morgan fingerprint density at radius 3 is 2.64 bits per heavy atom. The summed E-state index contributed by atoms with van der Waals surface area (Å²) in [5.41, 5.74) is 9.84. The molecule has 0 fully saturated rings. The zero-order valence-electron chi connectivity index (χ0n) is 7.01. The smallest absolute Gasteiger partial charge is 0.387 e. The van der Waals surface area contributed by atoms with Crippen molar-refractivity contribution in [2.45, 2.75) is 13.2 Å². The third-order valence-corrected chi connectivity index (χ3v) is 1.47. The highest BCUT2D eigenvalue weighted by molar-refractivity contribution is 5.52. The van der Waals surface area contributed by atoms with Crippen LogP contribution in [-0.2, 0) is 6.54 Å². The molecule has 0 radical (unpaired) electrons. The number of aromatic nitrogens is 1. The number of hydrogen-bond donors (Lipinski definition) is 2. The summed E-state index contributed by atoms with van der Waals surface area (Å²) in [4.78, 5) is 3.51. The van der Waals surface area contributed by atoms with Gasteiger partial charge in [0.05, 0.1) is 17.6 Å². The van der Waals surface area contributed by atoms with Crippen LogP contribution in [0.5, 0.6) is 5.75 Å². The van der Waals surface area contributed by atoms with Gasteiger partial charge < -0.3 is 16.2 Å². The molecule has 4 N–H and O–H groups in total. The first kappa shape index (κ1) is 10.6. The number of halogens is 3. The molecule has 0 unspecified atom stereocenters.